The Morgan fingerprint density at radius 1 is 1.57 bits per heavy atom. The Morgan fingerprint density at radius 2 is 2.24 bits per heavy atom. The molecule has 114 valence electrons. The molecule has 0 aromatic carbocycles. The van der Waals surface area contributed by atoms with E-state index in [9.17, 15) is 14.9 Å². The largest absolute Gasteiger partial charge is 0.378 e. The standard InChI is InChI=1S/C13H16ClN3O4/c1-2-21-10-3-5-16(6-4-10)13(18)11-7-9(17(19)20)8-15-12(11)14/h7-8,10H,2-6H2,1H3. The third-order valence-electron chi connectivity index (χ3n) is 3.40. The lowest BCUT2D eigenvalue weighted by Gasteiger charge is -2.31. The number of likely N-dealkylation sites (tertiary alicyclic amines) is 1. The Hall–Kier alpha value is -1.73. The molecule has 2 rings (SSSR count). The van der Waals surface area contributed by atoms with Gasteiger partial charge in [-0.2, -0.15) is 0 Å². The monoisotopic (exact) mass is 313 g/mol. The molecule has 1 aromatic heterocycles. The van der Waals surface area contributed by atoms with Gasteiger partial charge in [0.1, 0.15) is 11.3 Å². The Kier molecular flexibility index (Phi) is 5.08. The number of ether oxygens (including phenoxy) is 1. The van der Waals surface area contributed by atoms with Crippen LogP contribution in [0.3, 0.4) is 0 Å². The molecule has 1 aliphatic rings. The lowest BCUT2D eigenvalue weighted by atomic mass is 10.1. The highest BCUT2D eigenvalue weighted by molar-refractivity contribution is 6.32. The first-order valence-corrected chi connectivity index (χ1v) is 7.11. The highest BCUT2D eigenvalue weighted by Crippen LogP contribution is 2.23. The second kappa shape index (κ2) is 6.82. The van der Waals surface area contributed by atoms with E-state index in [1.807, 2.05) is 6.92 Å². The van der Waals surface area contributed by atoms with E-state index in [2.05, 4.69) is 4.98 Å². The molecular weight excluding hydrogens is 298 g/mol. The van der Waals surface area contributed by atoms with Crippen LogP contribution in [0.1, 0.15) is 30.1 Å². The number of rotatable bonds is 4. The minimum atomic E-state index is -0.596. The van der Waals surface area contributed by atoms with Crippen LogP contribution in [0, 0.1) is 10.1 Å². The van der Waals surface area contributed by atoms with Crippen LogP contribution in [0.2, 0.25) is 5.15 Å². The first kappa shape index (κ1) is 15.7. The van der Waals surface area contributed by atoms with Gasteiger partial charge in [-0.1, -0.05) is 11.6 Å². The minimum absolute atomic E-state index is 0.0162. The smallest absolute Gasteiger partial charge is 0.288 e. The third kappa shape index (κ3) is 3.68. The summed E-state index contributed by atoms with van der Waals surface area (Å²) in [5, 5.41) is 10.7. The predicted molar refractivity (Wildman–Crippen MR) is 76.5 cm³/mol. The van der Waals surface area contributed by atoms with Crippen molar-refractivity contribution in [3.63, 3.8) is 0 Å². The lowest BCUT2D eigenvalue weighted by Crippen LogP contribution is -2.41. The van der Waals surface area contributed by atoms with E-state index in [1.165, 1.54) is 6.07 Å². The van der Waals surface area contributed by atoms with Crippen molar-refractivity contribution in [2.45, 2.75) is 25.9 Å². The van der Waals surface area contributed by atoms with Gasteiger partial charge in [-0.05, 0) is 19.8 Å². The summed E-state index contributed by atoms with van der Waals surface area (Å²) in [6.45, 7) is 3.68. The van der Waals surface area contributed by atoms with Crippen molar-refractivity contribution in [2.24, 2.45) is 0 Å². The van der Waals surface area contributed by atoms with E-state index in [0.717, 1.165) is 19.0 Å². The lowest BCUT2D eigenvalue weighted by molar-refractivity contribution is -0.385. The molecule has 0 bridgehead atoms. The number of piperidine rings is 1. The van der Waals surface area contributed by atoms with E-state index in [0.29, 0.717) is 19.7 Å². The molecular formula is C13H16ClN3O4. The van der Waals surface area contributed by atoms with Crippen LogP contribution in [0.5, 0.6) is 0 Å². The summed E-state index contributed by atoms with van der Waals surface area (Å²) < 4.78 is 5.53. The minimum Gasteiger partial charge on any atom is -0.378 e. The maximum Gasteiger partial charge on any atom is 0.288 e. The molecule has 0 atom stereocenters. The van der Waals surface area contributed by atoms with Crippen LogP contribution in [0.15, 0.2) is 12.3 Å². The van der Waals surface area contributed by atoms with Gasteiger partial charge in [0.15, 0.2) is 0 Å². The number of carbonyl (C=O) groups is 1. The van der Waals surface area contributed by atoms with Gasteiger partial charge in [-0.3, -0.25) is 14.9 Å². The maximum atomic E-state index is 12.4. The van der Waals surface area contributed by atoms with Crippen molar-refractivity contribution in [1.82, 2.24) is 9.88 Å². The second-order valence-electron chi connectivity index (χ2n) is 4.74. The molecule has 0 aliphatic carbocycles. The van der Waals surface area contributed by atoms with Crippen LogP contribution in [-0.2, 0) is 4.74 Å². The molecule has 0 unspecified atom stereocenters. The number of nitrogens with zero attached hydrogens (tertiary/aromatic N) is 3. The summed E-state index contributed by atoms with van der Waals surface area (Å²) >= 11 is 5.89. The number of amides is 1. The van der Waals surface area contributed by atoms with Crippen LogP contribution in [-0.4, -0.2) is 46.5 Å². The van der Waals surface area contributed by atoms with E-state index < -0.39 is 4.92 Å². The van der Waals surface area contributed by atoms with E-state index in [1.54, 1.807) is 4.90 Å². The van der Waals surface area contributed by atoms with Gasteiger partial charge in [0.25, 0.3) is 11.6 Å². The van der Waals surface area contributed by atoms with Gasteiger partial charge >= 0.3 is 0 Å². The summed E-state index contributed by atoms with van der Waals surface area (Å²) in [4.78, 5) is 27.9. The number of aromatic nitrogens is 1. The molecule has 21 heavy (non-hydrogen) atoms. The van der Waals surface area contributed by atoms with E-state index >= 15 is 0 Å². The topological polar surface area (TPSA) is 85.6 Å². The van der Waals surface area contributed by atoms with E-state index in [-0.39, 0.29) is 28.4 Å². The Labute approximate surface area is 127 Å². The van der Waals surface area contributed by atoms with Gasteiger partial charge in [0.05, 0.1) is 16.6 Å². The van der Waals surface area contributed by atoms with Crippen LogP contribution >= 0.6 is 11.6 Å². The SMILES string of the molecule is CCOC1CCN(C(=O)c2cc([N+](=O)[O-])cnc2Cl)CC1. The Balaban J connectivity index is 2.10. The highest BCUT2D eigenvalue weighted by atomic mass is 35.5. The van der Waals surface area contributed by atoms with Gasteiger partial charge in [0.2, 0.25) is 0 Å². The summed E-state index contributed by atoms with van der Waals surface area (Å²) in [6.07, 6.45) is 2.71. The zero-order chi connectivity index (χ0) is 15.4. The molecule has 1 saturated heterocycles. The summed E-state index contributed by atoms with van der Waals surface area (Å²) in [7, 11) is 0. The number of pyridine rings is 1. The fourth-order valence-electron chi connectivity index (χ4n) is 2.32. The molecule has 8 heteroatoms. The zero-order valence-electron chi connectivity index (χ0n) is 11.6. The molecule has 0 spiro atoms. The average molecular weight is 314 g/mol. The van der Waals surface area contributed by atoms with Crippen molar-refractivity contribution < 1.29 is 14.5 Å². The zero-order valence-corrected chi connectivity index (χ0v) is 12.4. The molecule has 1 fully saturated rings. The quantitative estimate of drug-likeness (QED) is 0.483. The second-order valence-corrected chi connectivity index (χ2v) is 5.09. The third-order valence-corrected chi connectivity index (χ3v) is 3.70. The first-order valence-electron chi connectivity index (χ1n) is 6.73. The Morgan fingerprint density at radius 3 is 2.81 bits per heavy atom. The van der Waals surface area contributed by atoms with Gasteiger partial charge in [-0.25, -0.2) is 4.98 Å². The summed E-state index contributed by atoms with van der Waals surface area (Å²) in [6, 6.07) is 1.17. The summed E-state index contributed by atoms with van der Waals surface area (Å²) in [5.41, 5.74) is -0.173. The normalized spacial score (nSPS) is 16.0. The van der Waals surface area contributed by atoms with Crippen molar-refractivity contribution in [2.75, 3.05) is 19.7 Å². The number of hydrogen-bond donors (Lipinski definition) is 0. The fraction of sp³-hybridized carbons (Fsp3) is 0.538. The van der Waals surface area contributed by atoms with Gasteiger partial charge in [0, 0.05) is 25.8 Å². The van der Waals surface area contributed by atoms with Crippen molar-refractivity contribution in [1.29, 1.82) is 0 Å². The van der Waals surface area contributed by atoms with Crippen molar-refractivity contribution in [3.05, 3.63) is 33.1 Å². The average Bonchev–Trinajstić information content (AvgIpc) is 2.48. The molecule has 7 nitrogen and oxygen atoms in total. The van der Waals surface area contributed by atoms with Crippen LogP contribution in [0.25, 0.3) is 0 Å². The molecule has 1 aliphatic heterocycles. The van der Waals surface area contributed by atoms with Crippen LogP contribution in [0.4, 0.5) is 5.69 Å². The summed E-state index contributed by atoms with van der Waals surface area (Å²) in [5.74, 6) is -0.328. The van der Waals surface area contributed by atoms with Gasteiger partial charge in [-0.15, -0.1) is 0 Å². The number of carbonyl (C=O) groups excluding carboxylic acids is 1. The number of hydrogen-bond acceptors (Lipinski definition) is 5. The maximum absolute atomic E-state index is 12.4. The van der Waals surface area contributed by atoms with Gasteiger partial charge < -0.3 is 9.64 Å². The molecule has 0 saturated carbocycles. The number of nitro groups is 1. The Bertz CT molecular complexity index is 544. The predicted octanol–water partition coefficient (Wildman–Crippen LogP) is 2.28. The molecule has 0 N–H and O–H groups in total. The molecule has 1 aromatic rings. The molecule has 1 amide bonds. The van der Waals surface area contributed by atoms with Crippen LogP contribution < -0.4 is 0 Å². The molecule has 0 radical (unpaired) electrons. The fourth-order valence-corrected chi connectivity index (χ4v) is 2.50. The first-order chi connectivity index (χ1) is 10.0. The number of halogens is 1. The highest BCUT2D eigenvalue weighted by Gasteiger charge is 2.26. The molecule has 2 heterocycles. The van der Waals surface area contributed by atoms with Crippen molar-refractivity contribution >= 4 is 23.2 Å². The van der Waals surface area contributed by atoms with E-state index in [4.69, 9.17) is 16.3 Å². The van der Waals surface area contributed by atoms with Crippen molar-refractivity contribution in [3.8, 4) is 0 Å².